The fraction of sp³-hybridized carbons (Fsp3) is 0.462. The highest BCUT2D eigenvalue weighted by atomic mass is 32.2. The van der Waals surface area contributed by atoms with Gasteiger partial charge in [0.05, 0.1) is 18.1 Å². The van der Waals surface area contributed by atoms with Crippen LogP contribution in [0.4, 0.5) is 0 Å². The zero-order chi connectivity index (χ0) is 12.5. The molecule has 2 heterocycles. The van der Waals surface area contributed by atoms with Crippen LogP contribution in [-0.4, -0.2) is 28.2 Å². The smallest absolute Gasteiger partial charge is 0.326 e. The highest BCUT2D eigenvalue weighted by Crippen LogP contribution is 2.29. The molecule has 3 rings (SSSR count). The maximum Gasteiger partial charge on any atom is 0.326 e. The minimum absolute atomic E-state index is 0.00856. The van der Waals surface area contributed by atoms with Crippen molar-refractivity contribution in [2.45, 2.75) is 18.9 Å². The summed E-state index contributed by atoms with van der Waals surface area (Å²) in [5, 5.41) is 0. The number of ether oxygens (including phenoxy) is 1. The van der Waals surface area contributed by atoms with E-state index in [4.69, 9.17) is 4.74 Å². The maximum absolute atomic E-state index is 12.1. The van der Waals surface area contributed by atoms with Crippen molar-refractivity contribution >= 4 is 22.8 Å². The lowest BCUT2D eigenvalue weighted by atomic mass is 10.1. The summed E-state index contributed by atoms with van der Waals surface area (Å²) in [4.78, 5) is 15.0. The number of methoxy groups -OCH3 is 1. The molecule has 1 aromatic carbocycles. The Hall–Kier alpha value is -1.36. The summed E-state index contributed by atoms with van der Waals surface area (Å²) in [5.74, 6) is 3.01. The van der Waals surface area contributed by atoms with Gasteiger partial charge in [0.15, 0.2) is 0 Å². The Labute approximate surface area is 109 Å². The summed E-state index contributed by atoms with van der Waals surface area (Å²) in [6.45, 7) is 0. The van der Waals surface area contributed by atoms with Gasteiger partial charge in [-0.1, -0.05) is 0 Å². The quantitative estimate of drug-likeness (QED) is 0.906. The van der Waals surface area contributed by atoms with Gasteiger partial charge in [0.2, 0.25) is 0 Å². The molecule has 5 heteroatoms. The first-order chi connectivity index (χ1) is 8.79. The van der Waals surface area contributed by atoms with E-state index in [0.29, 0.717) is 6.04 Å². The van der Waals surface area contributed by atoms with Crippen LogP contribution in [0.3, 0.4) is 0 Å². The zero-order valence-electron chi connectivity index (χ0n) is 10.3. The molecule has 0 radical (unpaired) electrons. The van der Waals surface area contributed by atoms with Crippen molar-refractivity contribution in [3.8, 4) is 5.75 Å². The van der Waals surface area contributed by atoms with E-state index in [-0.39, 0.29) is 5.69 Å². The van der Waals surface area contributed by atoms with Crippen LogP contribution < -0.4 is 10.4 Å². The molecule has 96 valence electrons. The largest absolute Gasteiger partial charge is 0.497 e. The number of fused-ring (bicyclic) bond motifs is 1. The fourth-order valence-electron chi connectivity index (χ4n) is 2.52. The molecule has 0 aliphatic carbocycles. The van der Waals surface area contributed by atoms with Crippen LogP contribution >= 0.6 is 11.8 Å². The van der Waals surface area contributed by atoms with E-state index in [1.54, 1.807) is 7.11 Å². The molecule has 0 spiro atoms. The van der Waals surface area contributed by atoms with E-state index in [1.165, 1.54) is 12.2 Å². The van der Waals surface area contributed by atoms with E-state index in [2.05, 4.69) is 4.98 Å². The van der Waals surface area contributed by atoms with Crippen molar-refractivity contribution in [2.75, 3.05) is 18.6 Å². The number of aromatic amines is 1. The minimum atomic E-state index is -0.00856. The number of nitrogens with zero attached hydrogens (tertiary/aromatic N) is 1. The van der Waals surface area contributed by atoms with E-state index >= 15 is 0 Å². The third-order valence-electron chi connectivity index (χ3n) is 3.43. The van der Waals surface area contributed by atoms with Gasteiger partial charge in [-0.25, -0.2) is 4.79 Å². The van der Waals surface area contributed by atoms with Crippen molar-refractivity contribution in [3.63, 3.8) is 0 Å². The standard InChI is InChI=1S/C13H16N2O2S/c1-17-10-4-5-11-12(7-10)15(13(16)14-11)9-3-2-6-18-8-9/h4-5,7,9H,2-3,6,8H2,1H3,(H,14,16). The molecule has 2 aromatic rings. The molecule has 1 aromatic heterocycles. The van der Waals surface area contributed by atoms with Crippen molar-refractivity contribution < 1.29 is 4.74 Å². The Morgan fingerprint density at radius 3 is 3.11 bits per heavy atom. The van der Waals surface area contributed by atoms with Crippen LogP contribution in [-0.2, 0) is 0 Å². The number of imidazole rings is 1. The first kappa shape index (κ1) is 11.7. The molecule has 0 amide bonds. The lowest BCUT2D eigenvalue weighted by molar-refractivity contribution is 0.415. The number of nitrogens with one attached hydrogen (secondary N) is 1. The first-order valence-corrected chi connectivity index (χ1v) is 7.31. The summed E-state index contributed by atoms with van der Waals surface area (Å²) in [6, 6.07) is 6.02. The predicted octanol–water partition coefficient (Wildman–Crippen LogP) is 2.41. The SMILES string of the molecule is COc1ccc2[nH]c(=O)n(C3CCCSC3)c2c1. The minimum Gasteiger partial charge on any atom is -0.497 e. The Balaban J connectivity index is 2.13. The van der Waals surface area contributed by atoms with E-state index < -0.39 is 0 Å². The summed E-state index contributed by atoms with van der Waals surface area (Å²) < 4.78 is 7.13. The van der Waals surface area contributed by atoms with Crippen molar-refractivity contribution in [1.29, 1.82) is 0 Å². The van der Waals surface area contributed by atoms with Gasteiger partial charge in [-0.05, 0) is 30.7 Å². The molecule has 1 atom stereocenters. The van der Waals surface area contributed by atoms with Gasteiger partial charge in [-0.15, -0.1) is 0 Å². The van der Waals surface area contributed by atoms with Crippen LogP contribution in [0, 0.1) is 0 Å². The molecule has 1 aliphatic rings. The van der Waals surface area contributed by atoms with Crippen LogP contribution in [0.2, 0.25) is 0 Å². The average Bonchev–Trinajstić information content (AvgIpc) is 2.74. The molecule has 1 aliphatic heterocycles. The topological polar surface area (TPSA) is 47.0 Å². The van der Waals surface area contributed by atoms with Crippen LogP contribution in [0.5, 0.6) is 5.75 Å². The highest BCUT2D eigenvalue weighted by Gasteiger charge is 2.20. The lowest BCUT2D eigenvalue weighted by Crippen LogP contribution is -2.25. The Morgan fingerprint density at radius 2 is 2.39 bits per heavy atom. The third kappa shape index (κ3) is 1.92. The van der Waals surface area contributed by atoms with Crippen molar-refractivity contribution in [2.24, 2.45) is 0 Å². The highest BCUT2D eigenvalue weighted by molar-refractivity contribution is 7.99. The molecular weight excluding hydrogens is 248 g/mol. The number of rotatable bonds is 2. The monoisotopic (exact) mass is 264 g/mol. The molecule has 4 nitrogen and oxygen atoms in total. The molecular formula is C13H16N2O2S. The molecule has 1 N–H and O–H groups in total. The van der Waals surface area contributed by atoms with Gasteiger partial charge in [0.25, 0.3) is 0 Å². The number of aromatic nitrogens is 2. The van der Waals surface area contributed by atoms with Crippen molar-refractivity contribution in [1.82, 2.24) is 9.55 Å². The van der Waals surface area contributed by atoms with Gasteiger partial charge in [0.1, 0.15) is 5.75 Å². The second-order valence-electron chi connectivity index (χ2n) is 4.55. The third-order valence-corrected chi connectivity index (χ3v) is 4.62. The van der Waals surface area contributed by atoms with Gasteiger partial charge >= 0.3 is 5.69 Å². The lowest BCUT2D eigenvalue weighted by Gasteiger charge is -2.22. The summed E-state index contributed by atoms with van der Waals surface area (Å²) in [7, 11) is 1.65. The normalized spacial score (nSPS) is 20.2. The Morgan fingerprint density at radius 1 is 1.50 bits per heavy atom. The van der Waals surface area contributed by atoms with Gasteiger partial charge in [0, 0.05) is 17.9 Å². The number of benzene rings is 1. The number of hydrogen-bond donors (Lipinski definition) is 1. The van der Waals surface area contributed by atoms with E-state index in [0.717, 1.165) is 29.0 Å². The summed E-state index contributed by atoms with van der Waals surface area (Å²) >= 11 is 1.92. The van der Waals surface area contributed by atoms with Gasteiger partial charge in [-0.2, -0.15) is 11.8 Å². The Kier molecular flexibility index (Phi) is 3.07. The van der Waals surface area contributed by atoms with E-state index in [1.807, 2.05) is 34.5 Å². The molecule has 1 saturated heterocycles. The molecule has 1 unspecified atom stereocenters. The van der Waals surface area contributed by atoms with Gasteiger partial charge in [-0.3, -0.25) is 4.57 Å². The second kappa shape index (κ2) is 4.72. The van der Waals surface area contributed by atoms with E-state index in [9.17, 15) is 4.79 Å². The van der Waals surface area contributed by atoms with Crippen LogP contribution in [0.25, 0.3) is 11.0 Å². The fourth-order valence-corrected chi connectivity index (χ4v) is 3.64. The maximum atomic E-state index is 12.1. The zero-order valence-corrected chi connectivity index (χ0v) is 11.1. The number of thioether (sulfide) groups is 1. The first-order valence-electron chi connectivity index (χ1n) is 6.15. The summed E-state index contributed by atoms with van der Waals surface area (Å²) in [6.07, 6.45) is 2.26. The second-order valence-corrected chi connectivity index (χ2v) is 5.70. The predicted molar refractivity (Wildman–Crippen MR) is 74.7 cm³/mol. The average molecular weight is 264 g/mol. The van der Waals surface area contributed by atoms with Crippen LogP contribution in [0.15, 0.2) is 23.0 Å². The molecule has 1 fully saturated rings. The van der Waals surface area contributed by atoms with Crippen LogP contribution in [0.1, 0.15) is 18.9 Å². The molecule has 0 saturated carbocycles. The number of hydrogen-bond acceptors (Lipinski definition) is 3. The number of H-pyrrole nitrogens is 1. The van der Waals surface area contributed by atoms with Crippen molar-refractivity contribution in [3.05, 3.63) is 28.7 Å². The Bertz CT molecular complexity index is 611. The van der Waals surface area contributed by atoms with Gasteiger partial charge < -0.3 is 9.72 Å². The molecule has 0 bridgehead atoms. The summed E-state index contributed by atoms with van der Waals surface area (Å²) in [5.41, 5.74) is 1.83. The molecule has 18 heavy (non-hydrogen) atoms.